The van der Waals surface area contributed by atoms with Crippen molar-refractivity contribution in [1.82, 2.24) is 9.80 Å². The Hall–Kier alpha value is -4.46. The van der Waals surface area contributed by atoms with Crippen LogP contribution in [-0.4, -0.2) is 46.1 Å². The lowest BCUT2D eigenvalue weighted by atomic mass is 9.75. The molecule has 2 aliphatic heterocycles. The molecule has 8 heteroatoms. The summed E-state index contributed by atoms with van der Waals surface area (Å²) in [5.74, 6) is -0.616. The van der Waals surface area contributed by atoms with Crippen LogP contribution >= 0.6 is 0 Å². The van der Waals surface area contributed by atoms with Crippen molar-refractivity contribution in [2.75, 3.05) is 13.1 Å². The smallest absolute Gasteiger partial charge is 0.301 e. The van der Waals surface area contributed by atoms with E-state index in [-0.39, 0.29) is 30.9 Å². The van der Waals surface area contributed by atoms with E-state index in [0.717, 1.165) is 23.3 Å². The van der Waals surface area contributed by atoms with Crippen molar-refractivity contribution >= 4 is 23.3 Å². The summed E-state index contributed by atoms with van der Waals surface area (Å²) in [4.78, 5) is 44.7. The third kappa shape index (κ3) is 4.37. The number of hydrogen-bond acceptors (Lipinski definition) is 3. The van der Waals surface area contributed by atoms with Crippen LogP contribution in [0.2, 0.25) is 0 Å². The first-order valence-corrected chi connectivity index (χ1v) is 13.8. The molecule has 214 valence electrons. The largest absolute Gasteiger partial charge is 0.416 e. The molecule has 1 saturated heterocycles. The second kappa shape index (κ2) is 9.82. The Kier molecular flexibility index (Phi) is 6.48. The summed E-state index contributed by atoms with van der Waals surface area (Å²) in [6, 6.07) is 23.0. The molecule has 0 N–H and O–H groups in total. The SMILES string of the molecule is CC1(C)C(=O)C(c2ccccc2)=C2CN3C(=O)N(CCc4ccccc4)C(=O)C3(Cc3cccc(C(F)(F)F)c3)C=C21. The molecule has 2 heterocycles. The number of hydrogen-bond donors (Lipinski definition) is 0. The van der Waals surface area contributed by atoms with Crippen LogP contribution in [0.5, 0.6) is 0 Å². The number of rotatable bonds is 6. The van der Waals surface area contributed by atoms with Crippen molar-refractivity contribution < 1.29 is 27.6 Å². The first-order valence-electron chi connectivity index (χ1n) is 13.8. The Morgan fingerprint density at radius 1 is 0.833 bits per heavy atom. The van der Waals surface area contributed by atoms with Gasteiger partial charge in [-0.1, -0.05) is 78.9 Å². The number of halogens is 3. The van der Waals surface area contributed by atoms with Crippen molar-refractivity contribution in [3.8, 4) is 0 Å². The molecule has 1 aliphatic carbocycles. The van der Waals surface area contributed by atoms with E-state index in [2.05, 4.69) is 0 Å². The van der Waals surface area contributed by atoms with Gasteiger partial charge in [0.1, 0.15) is 5.54 Å². The zero-order valence-electron chi connectivity index (χ0n) is 23.2. The van der Waals surface area contributed by atoms with Gasteiger partial charge in [-0.05, 0) is 60.2 Å². The number of Topliss-reactive ketones (excluding diaryl/α,β-unsaturated/α-hetero) is 1. The normalized spacial score (nSPS) is 21.5. The van der Waals surface area contributed by atoms with Crippen LogP contribution in [0.15, 0.2) is 102 Å². The maximum Gasteiger partial charge on any atom is 0.416 e. The van der Waals surface area contributed by atoms with Gasteiger partial charge in [-0.3, -0.25) is 14.5 Å². The molecule has 5 nitrogen and oxygen atoms in total. The Morgan fingerprint density at radius 3 is 2.14 bits per heavy atom. The molecule has 1 fully saturated rings. The zero-order chi connectivity index (χ0) is 29.9. The maximum absolute atomic E-state index is 14.3. The number of allylic oxidation sites excluding steroid dienone is 1. The fourth-order valence-corrected chi connectivity index (χ4v) is 6.40. The van der Waals surface area contributed by atoms with E-state index < -0.39 is 34.6 Å². The average Bonchev–Trinajstić information content (AvgIpc) is 3.29. The molecule has 0 saturated carbocycles. The quantitative estimate of drug-likeness (QED) is 0.318. The van der Waals surface area contributed by atoms with Gasteiger partial charge in [0.2, 0.25) is 0 Å². The van der Waals surface area contributed by atoms with E-state index in [1.165, 1.54) is 21.9 Å². The number of amides is 3. The highest BCUT2D eigenvalue weighted by Gasteiger charge is 2.61. The molecular weight excluding hydrogens is 541 g/mol. The molecule has 3 aliphatic rings. The standard InChI is InChI=1S/C34H29F3N2O3/c1-32(2)27-20-33(19-23-12-9-15-25(18-23)34(35,36)37)30(41)38(17-16-22-10-5-3-6-11-22)31(42)39(33)21-26(27)28(29(32)40)24-13-7-4-8-14-24/h3-15,18,20H,16-17,19,21H2,1-2H3. The zero-order valence-corrected chi connectivity index (χ0v) is 23.2. The van der Waals surface area contributed by atoms with Gasteiger partial charge in [-0.15, -0.1) is 0 Å². The molecule has 3 amide bonds. The monoisotopic (exact) mass is 570 g/mol. The summed E-state index contributed by atoms with van der Waals surface area (Å²) in [5.41, 5.74) is 0.367. The second-order valence-electron chi connectivity index (χ2n) is 11.6. The molecule has 3 aromatic carbocycles. The van der Waals surface area contributed by atoms with Crippen LogP contribution in [0, 0.1) is 5.41 Å². The van der Waals surface area contributed by atoms with Crippen LogP contribution in [-0.2, 0) is 28.6 Å². The Labute approximate surface area is 241 Å². The first-order chi connectivity index (χ1) is 19.9. The number of carbonyl (C=O) groups is 3. The molecule has 1 unspecified atom stereocenters. The molecule has 6 rings (SSSR count). The number of ketones is 1. The average molecular weight is 571 g/mol. The predicted octanol–water partition coefficient (Wildman–Crippen LogP) is 6.50. The Balaban J connectivity index is 1.49. The van der Waals surface area contributed by atoms with Gasteiger partial charge < -0.3 is 4.90 Å². The summed E-state index contributed by atoms with van der Waals surface area (Å²) in [6.45, 7) is 3.70. The molecule has 0 radical (unpaired) electrons. The first kappa shape index (κ1) is 27.7. The van der Waals surface area contributed by atoms with Crippen LogP contribution < -0.4 is 0 Å². The fraction of sp³-hybridized carbons (Fsp3) is 0.265. The van der Waals surface area contributed by atoms with Gasteiger partial charge in [0.15, 0.2) is 5.78 Å². The van der Waals surface area contributed by atoms with E-state index >= 15 is 0 Å². The minimum Gasteiger partial charge on any atom is -0.301 e. The van der Waals surface area contributed by atoms with Crippen LogP contribution in [0.25, 0.3) is 5.57 Å². The van der Waals surface area contributed by atoms with Crippen LogP contribution in [0.4, 0.5) is 18.0 Å². The van der Waals surface area contributed by atoms with E-state index in [1.54, 1.807) is 19.9 Å². The van der Waals surface area contributed by atoms with Crippen molar-refractivity contribution in [3.05, 3.63) is 124 Å². The van der Waals surface area contributed by atoms with E-state index in [1.807, 2.05) is 60.7 Å². The number of benzene rings is 3. The van der Waals surface area contributed by atoms with E-state index in [0.29, 0.717) is 23.1 Å². The molecule has 0 aromatic heterocycles. The highest BCUT2D eigenvalue weighted by Crippen LogP contribution is 2.52. The van der Waals surface area contributed by atoms with Gasteiger partial charge in [0.25, 0.3) is 5.91 Å². The molecule has 1 atom stereocenters. The number of urea groups is 1. The second-order valence-corrected chi connectivity index (χ2v) is 11.6. The Bertz CT molecular complexity index is 1660. The number of carbonyl (C=O) groups excluding carboxylic acids is 3. The lowest BCUT2D eigenvalue weighted by Gasteiger charge is -2.39. The lowest BCUT2D eigenvalue weighted by molar-refractivity contribution is -0.137. The minimum atomic E-state index is -4.56. The van der Waals surface area contributed by atoms with Gasteiger partial charge in [0, 0.05) is 25.1 Å². The highest BCUT2D eigenvalue weighted by atomic mass is 19.4. The third-order valence-corrected chi connectivity index (χ3v) is 8.61. The Morgan fingerprint density at radius 2 is 1.48 bits per heavy atom. The van der Waals surface area contributed by atoms with Crippen molar-refractivity contribution in [1.29, 1.82) is 0 Å². The van der Waals surface area contributed by atoms with Crippen LogP contribution in [0.3, 0.4) is 0 Å². The molecule has 3 aromatic rings. The number of alkyl halides is 3. The molecular formula is C34H29F3N2O3. The summed E-state index contributed by atoms with van der Waals surface area (Å²) >= 11 is 0. The van der Waals surface area contributed by atoms with E-state index in [9.17, 15) is 27.6 Å². The molecule has 42 heavy (non-hydrogen) atoms. The van der Waals surface area contributed by atoms with Gasteiger partial charge >= 0.3 is 12.2 Å². The molecule has 0 bridgehead atoms. The van der Waals surface area contributed by atoms with Gasteiger partial charge in [0.05, 0.1) is 11.0 Å². The predicted molar refractivity (Wildman–Crippen MR) is 152 cm³/mol. The topological polar surface area (TPSA) is 57.7 Å². The van der Waals surface area contributed by atoms with Gasteiger partial charge in [-0.25, -0.2) is 4.79 Å². The van der Waals surface area contributed by atoms with Gasteiger partial charge in [-0.2, -0.15) is 13.2 Å². The number of imide groups is 1. The van der Waals surface area contributed by atoms with Crippen molar-refractivity contribution in [3.63, 3.8) is 0 Å². The van der Waals surface area contributed by atoms with Crippen LogP contribution in [0.1, 0.15) is 36.1 Å². The summed E-state index contributed by atoms with van der Waals surface area (Å²) in [7, 11) is 0. The van der Waals surface area contributed by atoms with E-state index in [4.69, 9.17) is 0 Å². The summed E-state index contributed by atoms with van der Waals surface area (Å²) in [5, 5.41) is 0. The van der Waals surface area contributed by atoms with Crippen molar-refractivity contribution in [2.45, 2.75) is 38.4 Å². The third-order valence-electron chi connectivity index (χ3n) is 8.61. The summed E-state index contributed by atoms with van der Waals surface area (Å²) < 4.78 is 40.8. The number of nitrogens with zero attached hydrogens (tertiary/aromatic N) is 2. The lowest BCUT2D eigenvalue weighted by Crippen LogP contribution is -2.53. The fourth-order valence-electron chi connectivity index (χ4n) is 6.40. The minimum absolute atomic E-state index is 0.00337. The molecule has 0 spiro atoms. The summed E-state index contributed by atoms with van der Waals surface area (Å²) in [6.07, 6.45) is -2.59. The van der Waals surface area contributed by atoms with Crippen molar-refractivity contribution in [2.24, 2.45) is 5.41 Å². The highest BCUT2D eigenvalue weighted by molar-refractivity contribution is 6.29. The maximum atomic E-state index is 14.3. The number of fused-ring (bicyclic) bond motifs is 2.